The van der Waals surface area contributed by atoms with Crippen molar-refractivity contribution in [2.45, 2.75) is 373 Å². The molecule has 71 heavy (non-hydrogen) atoms. The quantitative estimate of drug-likeness (QED) is 0.0373. The molecule has 0 aromatic rings. The molecule has 0 amide bonds. The zero-order chi connectivity index (χ0) is 51.3. The Kier molecular flexibility index (Phi) is 61.2. The lowest BCUT2D eigenvalue weighted by Gasteiger charge is -2.15. The summed E-state index contributed by atoms with van der Waals surface area (Å²) in [7, 11) is 0. The Hall–Kier alpha value is -1.62. The van der Waals surface area contributed by atoms with E-state index in [4.69, 9.17) is 9.47 Å². The number of aliphatic hydroxyl groups excluding tert-OH is 1. The van der Waals surface area contributed by atoms with Gasteiger partial charge in [-0.2, -0.15) is 0 Å². The van der Waals surface area contributed by atoms with Crippen molar-refractivity contribution in [3.8, 4) is 0 Å². The Labute approximate surface area is 444 Å². The second kappa shape index (κ2) is 62.7. The van der Waals surface area contributed by atoms with E-state index in [0.29, 0.717) is 12.8 Å². The van der Waals surface area contributed by atoms with E-state index < -0.39 is 6.10 Å². The number of rotatable bonds is 61. The fourth-order valence-corrected chi connectivity index (χ4v) is 10.1. The van der Waals surface area contributed by atoms with Gasteiger partial charge in [-0.25, -0.2) is 0 Å². The van der Waals surface area contributed by atoms with Crippen LogP contribution in [-0.4, -0.2) is 36.4 Å². The lowest BCUT2D eigenvalue weighted by molar-refractivity contribution is -0.161. The number of carbonyl (C=O) groups is 2. The maximum absolute atomic E-state index is 12.3. The number of allylic oxidation sites excluding steroid dienone is 4. The minimum Gasteiger partial charge on any atom is -0.462 e. The molecule has 0 saturated carbocycles. The van der Waals surface area contributed by atoms with E-state index in [-0.39, 0.29) is 25.2 Å². The van der Waals surface area contributed by atoms with Gasteiger partial charge in [-0.3, -0.25) is 9.59 Å². The number of unbranched alkanes of at least 4 members (excludes halogenated alkanes) is 49. The normalized spacial score (nSPS) is 12.2. The van der Waals surface area contributed by atoms with Crippen molar-refractivity contribution >= 4 is 11.9 Å². The van der Waals surface area contributed by atoms with E-state index in [1.165, 1.54) is 302 Å². The van der Waals surface area contributed by atoms with Gasteiger partial charge in [0.1, 0.15) is 6.61 Å². The molecular weight excluding hydrogens is 873 g/mol. The van der Waals surface area contributed by atoms with Gasteiger partial charge in [0.2, 0.25) is 0 Å². The average molecular weight is 1000 g/mol. The number of esters is 2. The van der Waals surface area contributed by atoms with Gasteiger partial charge in [0.25, 0.3) is 0 Å². The molecule has 5 nitrogen and oxygen atoms in total. The molecule has 5 heteroatoms. The molecule has 0 aromatic heterocycles. The van der Waals surface area contributed by atoms with E-state index in [0.717, 1.165) is 38.5 Å². The maximum atomic E-state index is 12.3. The van der Waals surface area contributed by atoms with Crippen LogP contribution in [0.4, 0.5) is 0 Å². The van der Waals surface area contributed by atoms with Gasteiger partial charge in [-0.15, -0.1) is 0 Å². The maximum Gasteiger partial charge on any atom is 0.306 e. The van der Waals surface area contributed by atoms with Crippen LogP contribution < -0.4 is 0 Å². The predicted molar refractivity (Wildman–Crippen MR) is 311 cm³/mol. The van der Waals surface area contributed by atoms with E-state index in [2.05, 4.69) is 38.2 Å². The highest BCUT2D eigenvalue weighted by Gasteiger charge is 2.16. The van der Waals surface area contributed by atoms with Crippen LogP contribution in [0.2, 0.25) is 0 Å². The first-order chi connectivity index (χ1) is 35.1. The van der Waals surface area contributed by atoms with E-state index in [1.54, 1.807) is 0 Å². The predicted octanol–water partition coefficient (Wildman–Crippen LogP) is 22.0. The van der Waals surface area contributed by atoms with Crippen molar-refractivity contribution in [3.05, 3.63) is 24.3 Å². The zero-order valence-corrected chi connectivity index (χ0v) is 48.3. The molecule has 420 valence electrons. The van der Waals surface area contributed by atoms with Gasteiger partial charge in [-0.05, 0) is 44.9 Å². The van der Waals surface area contributed by atoms with Crippen LogP contribution in [0.1, 0.15) is 367 Å². The summed E-state index contributed by atoms with van der Waals surface area (Å²) in [6.07, 6.45) is 80.6. The van der Waals surface area contributed by atoms with Gasteiger partial charge >= 0.3 is 11.9 Å². The smallest absolute Gasteiger partial charge is 0.306 e. The van der Waals surface area contributed by atoms with E-state index in [9.17, 15) is 14.7 Å². The van der Waals surface area contributed by atoms with Crippen LogP contribution in [0, 0.1) is 0 Å². The highest BCUT2D eigenvalue weighted by Crippen LogP contribution is 2.19. The Morgan fingerprint density at radius 3 is 0.831 bits per heavy atom. The molecule has 1 N–H and O–H groups in total. The minimum atomic E-state index is -0.766. The third-order valence-electron chi connectivity index (χ3n) is 15.0. The fraction of sp³-hybridized carbons (Fsp3) is 0.909. The van der Waals surface area contributed by atoms with Crippen molar-refractivity contribution in [1.29, 1.82) is 0 Å². The van der Waals surface area contributed by atoms with Crippen molar-refractivity contribution in [3.63, 3.8) is 0 Å². The average Bonchev–Trinajstić information content (AvgIpc) is 3.37. The molecule has 0 heterocycles. The Bertz CT molecular complexity index is 1080. The molecule has 0 aliphatic carbocycles. The molecular formula is C66H126O5. The summed E-state index contributed by atoms with van der Waals surface area (Å²) in [5.41, 5.74) is 0. The van der Waals surface area contributed by atoms with Crippen molar-refractivity contribution in [2.75, 3.05) is 13.2 Å². The summed E-state index contributed by atoms with van der Waals surface area (Å²) < 4.78 is 10.7. The van der Waals surface area contributed by atoms with Crippen LogP contribution in [0.5, 0.6) is 0 Å². The molecule has 0 fully saturated rings. The standard InChI is InChI=1S/C66H126O5/c1-3-5-7-9-11-13-15-17-19-21-23-25-26-27-28-29-30-31-32-33-34-35-36-37-38-39-40-41-43-45-47-49-51-53-55-57-59-61-66(69)71-64(62-67)63-70-65(68)60-58-56-54-52-50-48-46-44-42-24-22-20-18-16-14-12-10-8-6-4-2/h15,17,21,23,64,67H,3-14,16,18-20,22,24-63H2,1-2H3/b17-15-,23-21-. The first-order valence-electron chi connectivity index (χ1n) is 32.4. The third-order valence-corrected chi connectivity index (χ3v) is 15.0. The van der Waals surface area contributed by atoms with Gasteiger partial charge < -0.3 is 14.6 Å². The van der Waals surface area contributed by atoms with Crippen LogP contribution in [0.3, 0.4) is 0 Å². The molecule has 0 spiro atoms. The Morgan fingerprint density at radius 1 is 0.324 bits per heavy atom. The zero-order valence-electron chi connectivity index (χ0n) is 48.3. The number of hydrogen-bond donors (Lipinski definition) is 1. The first kappa shape index (κ1) is 69.4. The molecule has 0 rings (SSSR count). The molecule has 0 aromatic carbocycles. The summed E-state index contributed by atoms with van der Waals surface area (Å²) in [5.74, 6) is -0.565. The SMILES string of the molecule is CCCCCCC/C=C\C/C=C\CCCCCCCCCCCCCCCCCCCCCCCCCCCC(=O)OC(CO)COC(=O)CCCCCCCCCCCCCCCCCCCCCC. The number of carbonyl (C=O) groups excluding carboxylic acids is 2. The number of ether oxygens (including phenoxy) is 2. The van der Waals surface area contributed by atoms with E-state index >= 15 is 0 Å². The van der Waals surface area contributed by atoms with E-state index in [1.807, 2.05) is 0 Å². The molecule has 0 bridgehead atoms. The largest absolute Gasteiger partial charge is 0.462 e. The molecule has 0 aliphatic rings. The summed E-state index contributed by atoms with van der Waals surface area (Å²) >= 11 is 0. The van der Waals surface area contributed by atoms with Crippen molar-refractivity contribution in [2.24, 2.45) is 0 Å². The Morgan fingerprint density at radius 2 is 0.563 bits per heavy atom. The molecule has 0 saturated heterocycles. The second-order valence-electron chi connectivity index (χ2n) is 22.2. The highest BCUT2D eigenvalue weighted by atomic mass is 16.6. The van der Waals surface area contributed by atoms with Crippen LogP contribution >= 0.6 is 0 Å². The van der Waals surface area contributed by atoms with Crippen LogP contribution in [0.25, 0.3) is 0 Å². The second-order valence-corrected chi connectivity index (χ2v) is 22.2. The minimum absolute atomic E-state index is 0.0573. The highest BCUT2D eigenvalue weighted by molar-refractivity contribution is 5.70. The monoisotopic (exact) mass is 999 g/mol. The van der Waals surface area contributed by atoms with Crippen molar-refractivity contribution < 1.29 is 24.2 Å². The topological polar surface area (TPSA) is 72.8 Å². The molecule has 0 radical (unpaired) electrons. The number of aliphatic hydroxyl groups is 1. The summed E-state index contributed by atoms with van der Waals surface area (Å²) in [6.45, 7) is 4.19. The lowest BCUT2D eigenvalue weighted by atomic mass is 10.0. The summed E-state index contributed by atoms with van der Waals surface area (Å²) in [5, 5.41) is 9.67. The van der Waals surface area contributed by atoms with Gasteiger partial charge in [-0.1, -0.05) is 334 Å². The number of hydrogen-bond acceptors (Lipinski definition) is 5. The summed E-state index contributed by atoms with van der Waals surface area (Å²) in [6, 6.07) is 0. The lowest BCUT2D eigenvalue weighted by Crippen LogP contribution is -2.28. The molecule has 1 unspecified atom stereocenters. The van der Waals surface area contributed by atoms with Gasteiger partial charge in [0.15, 0.2) is 6.10 Å². The third kappa shape index (κ3) is 60.8. The fourth-order valence-electron chi connectivity index (χ4n) is 10.1. The van der Waals surface area contributed by atoms with Crippen LogP contribution in [-0.2, 0) is 19.1 Å². The molecule has 1 atom stereocenters. The van der Waals surface area contributed by atoms with Crippen molar-refractivity contribution in [1.82, 2.24) is 0 Å². The van der Waals surface area contributed by atoms with Crippen LogP contribution in [0.15, 0.2) is 24.3 Å². The first-order valence-corrected chi connectivity index (χ1v) is 32.4. The Balaban J connectivity index is 3.37. The summed E-state index contributed by atoms with van der Waals surface area (Å²) in [4.78, 5) is 24.6. The van der Waals surface area contributed by atoms with Gasteiger partial charge in [0, 0.05) is 12.8 Å². The molecule has 0 aliphatic heterocycles. The van der Waals surface area contributed by atoms with Gasteiger partial charge in [0.05, 0.1) is 6.61 Å².